The number of sulfonamides is 1. The van der Waals surface area contributed by atoms with E-state index in [4.69, 9.17) is 4.74 Å². The summed E-state index contributed by atoms with van der Waals surface area (Å²) < 4.78 is 46.1. The van der Waals surface area contributed by atoms with Crippen molar-refractivity contribution in [1.82, 2.24) is 0 Å². The van der Waals surface area contributed by atoms with E-state index in [2.05, 4.69) is 21.2 Å². The minimum atomic E-state index is -3.59. The van der Waals surface area contributed by atoms with Crippen molar-refractivity contribution in [2.45, 2.75) is 13.0 Å². The van der Waals surface area contributed by atoms with Crippen LogP contribution in [-0.4, -0.2) is 32.7 Å². The molecular formula is C17H16BrFN2O4S. The summed E-state index contributed by atoms with van der Waals surface area (Å²) in [4.78, 5) is 12.5. The van der Waals surface area contributed by atoms with E-state index in [0.29, 0.717) is 10.2 Å². The maximum Gasteiger partial charge on any atom is 0.267 e. The Balaban J connectivity index is 1.88. The highest BCUT2D eigenvalue weighted by Crippen LogP contribution is 2.35. The number of carbonyl (C=O) groups is 1. The number of hydrogen-bond donors (Lipinski definition) is 1. The number of nitrogens with one attached hydrogen (secondary N) is 1. The lowest BCUT2D eigenvalue weighted by Crippen LogP contribution is -2.49. The van der Waals surface area contributed by atoms with Crippen LogP contribution in [-0.2, 0) is 14.8 Å². The number of halogens is 2. The van der Waals surface area contributed by atoms with Crippen LogP contribution >= 0.6 is 15.9 Å². The van der Waals surface area contributed by atoms with Crippen LogP contribution in [0, 0.1) is 5.82 Å². The Bertz CT molecular complexity index is 952. The molecule has 138 valence electrons. The number of nitrogens with zero attached hydrogens (tertiary/aromatic N) is 1. The Kier molecular flexibility index (Phi) is 5.19. The van der Waals surface area contributed by atoms with Gasteiger partial charge in [-0.2, -0.15) is 0 Å². The molecule has 1 N–H and O–H groups in total. The number of benzene rings is 2. The van der Waals surface area contributed by atoms with Crippen molar-refractivity contribution >= 4 is 43.2 Å². The number of anilines is 2. The predicted octanol–water partition coefficient (Wildman–Crippen LogP) is 3.14. The molecule has 1 heterocycles. The molecule has 0 saturated carbocycles. The molecule has 3 rings (SSSR count). The second-order valence-electron chi connectivity index (χ2n) is 5.62. The average molecular weight is 443 g/mol. The number of rotatable bonds is 4. The fourth-order valence-corrected chi connectivity index (χ4v) is 4.02. The first kappa shape index (κ1) is 18.7. The molecule has 6 nitrogen and oxygen atoms in total. The zero-order valence-corrected chi connectivity index (χ0v) is 16.2. The Morgan fingerprint density at radius 1 is 1.35 bits per heavy atom. The summed E-state index contributed by atoms with van der Waals surface area (Å²) in [5.74, 6) is -1.07. The maximum atomic E-state index is 13.9. The first-order valence-electron chi connectivity index (χ1n) is 7.84. The molecule has 2 aromatic carbocycles. The van der Waals surface area contributed by atoms with Gasteiger partial charge in [0, 0.05) is 4.47 Å². The third kappa shape index (κ3) is 3.68. The van der Waals surface area contributed by atoms with Crippen LogP contribution in [0.15, 0.2) is 46.9 Å². The molecule has 0 bridgehead atoms. The highest BCUT2D eigenvalue weighted by Gasteiger charge is 2.36. The number of hydrogen-bond acceptors (Lipinski definition) is 4. The van der Waals surface area contributed by atoms with Crippen molar-refractivity contribution in [3.05, 3.63) is 52.8 Å². The molecule has 26 heavy (non-hydrogen) atoms. The Morgan fingerprint density at radius 3 is 2.77 bits per heavy atom. The van der Waals surface area contributed by atoms with E-state index in [9.17, 15) is 17.6 Å². The van der Waals surface area contributed by atoms with E-state index in [1.165, 1.54) is 19.1 Å². The zero-order chi connectivity index (χ0) is 18.9. The van der Waals surface area contributed by atoms with E-state index in [0.717, 1.165) is 4.31 Å². The first-order chi connectivity index (χ1) is 12.3. The summed E-state index contributed by atoms with van der Waals surface area (Å²) in [5, 5.41) is 2.45. The van der Waals surface area contributed by atoms with Gasteiger partial charge >= 0.3 is 0 Å². The van der Waals surface area contributed by atoms with Crippen molar-refractivity contribution in [1.29, 1.82) is 0 Å². The van der Waals surface area contributed by atoms with Gasteiger partial charge in [-0.15, -0.1) is 0 Å². The topological polar surface area (TPSA) is 75.7 Å². The summed E-state index contributed by atoms with van der Waals surface area (Å²) in [6, 6.07) is 10.8. The lowest BCUT2D eigenvalue weighted by atomic mass is 10.2. The van der Waals surface area contributed by atoms with E-state index < -0.39 is 27.9 Å². The molecule has 1 aliphatic rings. The van der Waals surface area contributed by atoms with Gasteiger partial charge in [-0.3, -0.25) is 9.10 Å². The smallest absolute Gasteiger partial charge is 0.267 e. The van der Waals surface area contributed by atoms with E-state index >= 15 is 0 Å². The second kappa shape index (κ2) is 7.24. The fraction of sp³-hybridized carbons (Fsp3) is 0.235. The van der Waals surface area contributed by atoms with E-state index in [-0.39, 0.29) is 23.7 Å². The van der Waals surface area contributed by atoms with Crippen LogP contribution in [0.5, 0.6) is 5.75 Å². The highest BCUT2D eigenvalue weighted by molar-refractivity contribution is 9.10. The molecule has 1 atom stereocenters. The SMILES string of the molecule is CCS(=O)(=O)N1C[C@@H](C(=O)Nc2ccc(Br)cc2F)Oc2ccccc21. The molecule has 0 aromatic heterocycles. The van der Waals surface area contributed by atoms with Crippen LogP contribution in [0.2, 0.25) is 0 Å². The molecule has 0 fully saturated rings. The van der Waals surface area contributed by atoms with Gasteiger partial charge in [-0.25, -0.2) is 12.8 Å². The number of carbonyl (C=O) groups excluding carboxylic acids is 1. The second-order valence-corrected chi connectivity index (χ2v) is 8.72. The number of ether oxygens (including phenoxy) is 1. The van der Waals surface area contributed by atoms with Crippen LogP contribution in [0.1, 0.15) is 6.92 Å². The summed E-state index contributed by atoms with van der Waals surface area (Å²) in [5.41, 5.74) is 0.374. The van der Waals surface area contributed by atoms with Crippen LogP contribution < -0.4 is 14.4 Å². The number of fused-ring (bicyclic) bond motifs is 1. The normalized spacial score (nSPS) is 16.6. The zero-order valence-electron chi connectivity index (χ0n) is 13.8. The van der Waals surface area contributed by atoms with Crippen molar-refractivity contribution in [2.24, 2.45) is 0 Å². The summed E-state index contributed by atoms with van der Waals surface area (Å²) >= 11 is 3.14. The van der Waals surface area contributed by atoms with Crippen LogP contribution in [0.3, 0.4) is 0 Å². The van der Waals surface area contributed by atoms with Gasteiger partial charge in [-0.05, 0) is 37.3 Å². The lowest BCUT2D eigenvalue weighted by Gasteiger charge is -2.34. The van der Waals surface area contributed by atoms with Crippen molar-refractivity contribution < 1.29 is 22.3 Å². The standard InChI is InChI=1S/C17H16BrFN2O4S/c1-2-26(23,24)21-10-16(25-15-6-4-3-5-14(15)21)17(22)20-13-8-7-11(18)9-12(13)19/h3-9,16H,2,10H2,1H3,(H,20,22)/t16-/m0/s1. The van der Waals surface area contributed by atoms with Gasteiger partial charge in [0.05, 0.1) is 23.7 Å². The minimum absolute atomic E-state index is 0.00874. The van der Waals surface area contributed by atoms with Gasteiger partial charge in [-0.1, -0.05) is 28.1 Å². The van der Waals surface area contributed by atoms with E-state index in [1.807, 2.05) is 0 Å². The van der Waals surface area contributed by atoms with Gasteiger partial charge in [0.15, 0.2) is 6.10 Å². The highest BCUT2D eigenvalue weighted by atomic mass is 79.9. The van der Waals surface area contributed by atoms with E-state index in [1.54, 1.807) is 30.3 Å². The van der Waals surface area contributed by atoms with Crippen molar-refractivity contribution in [3.8, 4) is 5.75 Å². The molecule has 2 aromatic rings. The summed E-state index contributed by atoms with van der Waals surface area (Å²) in [7, 11) is -3.59. The van der Waals surface area contributed by atoms with Gasteiger partial charge in [0.1, 0.15) is 11.6 Å². The Morgan fingerprint density at radius 2 is 2.08 bits per heavy atom. The predicted molar refractivity (Wildman–Crippen MR) is 100 cm³/mol. The largest absolute Gasteiger partial charge is 0.476 e. The Labute approximate surface area is 159 Å². The average Bonchev–Trinajstić information content (AvgIpc) is 2.63. The molecule has 0 spiro atoms. The quantitative estimate of drug-likeness (QED) is 0.788. The van der Waals surface area contributed by atoms with Crippen LogP contribution in [0.25, 0.3) is 0 Å². The maximum absolute atomic E-state index is 13.9. The molecule has 0 radical (unpaired) electrons. The molecular weight excluding hydrogens is 427 g/mol. The third-order valence-corrected chi connectivity index (χ3v) is 6.16. The Hall–Kier alpha value is -2.13. The molecule has 1 amide bonds. The fourth-order valence-electron chi connectivity index (χ4n) is 2.56. The monoisotopic (exact) mass is 442 g/mol. The first-order valence-corrected chi connectivity index (χ1v) is 10.2. The number of amides is 1. The summed E-state index contributed by atoms with van der Waals surface area (Å²) in [6.45, 7) is 1.34. The van der Waals surface area contributed by atoms with Gasteiger partial charge in [0.2, 0.25) is 10.0 Å². The molecule has 9 heteroatoms. The lowest BCUT2D eigenvalue weighted by molar-refractivity contribution is -0.122. The third-order valence-electron chi connectivity index (χ3n) is 3.92. The number of para-hydroxylation sites is 2. The van der Waals surface area contributed by atoms with Crippen molar-refractivity contribution in [3.63, 3.8) is 0 Å². The summed E-state index contributed by atoms with van der Waals surface area (Å²) in [6.07, 6.45) is -1.10. The minimum Gasteiger partial charge on any atom is -0.476 e. The van der Waals surface area contributed by atoms with Crippen LogP contribution in [0.4, 0.5) is 15.8 Å². The molecule has 0 aliphatic carbocycles. The van der Waals surface area contributed by atoms with Crippen molar-refractivity contribution in [2.75, 3.05) is 21.9 Å². The molecule has 1 aliphatic heterocycles. The molecule has 0 saturated heterocycles. The van der Waals surface area contributed by atoms with Gasteiger partial charge < -0.3 is 10.1 Å². The van der Waals surface area contributed by atoms with Gasteiger partial charge in [0.25, 0.3) is 5.91 Å². The molecule has 0 unspecified atom stereocenters.